The first-order valence-corrected chi connectivity index (χ1v) is 6.38. The number of nitrogens with zero attached hydrogens (tertiary/aromatic N) is 2. The molecule has 1 N–H and O–H groups in total. The van der Waals surface area contributed by atoms with Gasteiger partial charge in [0.1, 0.15) is 5.76 Å². The maximum Gasteiger partial charge on any atom is 0.245 e. The normalized spacial score (nSPS) is 10.1. The van der Waals surface area contributed by atoms with Crippen molar-refractivity contribution in [2.75, 3.05) is 30.9 Å². The monoisotopic (exact) mass is 257 g/mol. The third-order valence-corrected chi connectivity index (χ3v) is 2.51. The summed E-state index contributed by atoms with van der Waals surface area (Å²) in [4.78, 5) is 24.3. The van der Waals surface area contributed by atoms with Crippen LogP contribution in [-0.2, 0) is 9.59 Å². The fourth-order valence-electron chi connectivity index (χ4n) is 1.14. The second-order valence-corrected chi connectivity index (χ2v) is 4.42. The Hall–Kier alpha value is -1.50. The molecule has 94 valence electrons. The van der Waals surface area contributed by atoms with Crippen molar-refractivity contribution in [1.29, 1.82) is 0 Å². The van der Waals surface area contributed by atoms with E-state index in [1.807, 2.05) is 6.26 Å². The van der Waals surface area contributed by atoms with Gasteiger partial charge in [0.25, 0.3) is 0 Å². The number of carbonyl (C=O) groups excluding carboxylic acids is 2. The van der Waals surface area contributed by atoms with Crippen molar-refractivity contribution in [1.82, 2.24) is 10.1 Å². The summed E-state index contributed by atoms with van der Waals surface area (Å²) < 4.78 is 4.81. The number of likely N-dealkylation sites (N-methyl/N-ethyl adjacent to an activating group) is 1. The lowest BCUT2D eigenvalue weighted by molar-refractivity contribution is -0.131. The van der Waals surface area contributed by atoms with Crippen molar-refractivity contribution in [2.24, 2.45) is 0 Å². The molecule has 0 spiro atoms. The van der Waals surface area contributed by atoms with E-state index >= 15 is 0 Å². The summed E-state index contributed by atoms with van der Waals surface area (Å²) in [6, 6.07) is 1.61. The minimum atomic E-state index is -0.296. The highest BCUT2D eigenvalue weighted by atomic mass is 32.2. The van der Waals surface area contributed by atoms with Gasteiger partial charge in [-0.15, -0.1) is 0 Å². The van der Waals surface area contributed by atoms with Gasteiger partial charge < -0.3 is 14.7 Å². The number of carbonyl (C=O) groups is 2. The third-order valence-electron chi connectivity index (χ3n) is 1.97. The predicted molar refractivity (Wildman–Crippen MR) is 65.9 cm³/mol. The molecule has 1 rings (SSSR count). The van der Waals surface area contributed by atoms with Gasteiger partial charge in [0, 0.05) is 13.1 Å². The first-order chi connectivity index (χ1) is 8.02. The molecule has 1 heterocycles. The molecule has 0 bridgehead atoms. The van der Waals surface area contributed by atoms with Crippen LogP contribution in [0.15, 0.2) is 10.6 Å². The average molecular weight is 257 g/mol. The van der Waals surface area contributed by atoms with Gasteiger partial charge in [-0.1, -0.05) is 5.16 Å². The maximum absolute atomic E-state index is 11.5. The Bertz CT molecular complexity index is 405. The van der Waals surface area contributed by atoms with Gasteiger partial charge in [-0.2, -0.15) is 11.8 Å². The number of amides is 2. The fourth-order valence-corrected chi connectivity index (χ4v) is 1.61. The summed E-state index contributed by atoms with van der Waals surface area (Å²) in [7, 11) is 1.59. The van der Waals surface area contributed by atoms with Crippen molar-refractivity contribution in [3.8, 4) is 0 Å². The van der Waals surface area contributed by atoms with Crippen LogP contribution in [0, 0.1) is 6.92 Å². The zero-order valence-electron chi connectivity index (χ0n) is 10.0. The predicted octanol–water partition coefficient (Wildman–Crippen LogP) is 0.743. The average Bonchev–Trinajstić information content (AvgIpc) is 2.64. The Kier molecular flexibility index (Phi) is 5.02. The second-order valence-electron chi connectivity index (χ2n) is 3.55. The van der Waals surface area contributed by atoms with Gasteiger partial charge in [-0.3, -0.25) is 9.59 Å². The van der Waals surface area contributed by atoms with Crippen molar-refractivity contribution in [3.63, 3.8) is 0 Å². The first-order valence-electron chi connectivity index (χ1n) is 4.99. The lowest BCUT2D eigenvalue weighted by atomic mass is 10.4. The zero-order chi connectivity index (χ0) is 12.8. The topological polar surface area (TPSA) is 75.4 Å². The van der Waals surface area contributed by atoms with Crippen molar-refractivity contribution in [2.45, 2.75) is 6.92 Å². The standard InChI is InChI=1S/C10H15N3O3S/c1-7-4-8(12-16-7)11-9(14)5-13(2)10(15)6-17-3/h4H,5-6H2,1-3H3,(H,11,12,14). The second kappa shape index (κ2) is 6.29. The number of aromatic nitrogens is 1. The molecular weight excluding hydrogens is 242 g/mol. The summed E-state index contributed by atoms with van der Waals surface area (Å²) in [5, 5.41) is 6.18. The van der Waals surface area contributed by atoms with Crippen LogP contribution in [0.3, 0.4) is 0 Å². The molecule has 1 aromatic heterocycles. The molecule has 0 fully saturated rings. The van der Waals surface area contributed by atoms with Crippen LogP contribution in [0.25, 0.3) is 0 Å². The smallest absolute Gasteiger partial charge is 0.245 e. The van der Waals surface area contributed by atoms with E-state index in [1.165, 1.54) is 16.7 Å². The van der Waals surface area contributed by atoms with Crippen LogP contribution >= 0.6 is 11.8 Å². The fraction of sp³-hybridized carbons (Fsp3) is 0.500. The van der Waals surface area contributed by atoms with Crippen molar-refractivity contribution >= 4 is 29.4 Å². The zero-order valence-corrected chi connectivity index (χ0v) is 10.8. The number of rotatable bonds is 5. The number of nitrogens with one attached hydrogen (secondary N) is 1. The molecule has 0 aromatic carbocycles. The molecule has 2 amide bonds. The summed E-state index contributed by atoms with van der Waals surface area (Å²) in [5.41, 5.74) is 0. The Morgan fingerprint density at radius 1 is 1.59 bits per heavy atom. The van der Waals surface area contributed by atoms with Crippen LogP contribution in [0.1, 0.15) is 5.76 Å². The summed E-state index contributed by atoms with van der Waals surface area (Å²) in [5.74, 6) is 0.969. The molecule has 0 radical (unpaired) electrons. The Morgan fingerprint density at radius 3 is 2.82 bits per heavy atom. The molecule has 7 heteroatoms. The first kappa shape index (κ1) is 13.6. The van der Waals surface area contributed by atoms with E-state index < -0.39 is 0 Å². The van der Waals surface area contributed by atoms with E-state index in [-0.39, 0.29) is 18.4 Å². The lowest BCUT2D eigenvalue weighted by Gasteiger charge is -2.15. The number of hydrogen-bond acceptors (Lipinski definition) is 5. The van der Waals surface area contributed by atoms with Crippen molar-refractivity contribution < 1.29 is 14.1 Å². The highest BCUT2D eigenvalue weighted by Crippen LogP contribution is 2.06. The molecule has 0 aliphatic carbocycles. The highest BCUT2D eigenvalue weighted by molar-refractivity contribution is 7.99. The van der Waals surface area contributed by atoms with E-state index in [4.69, 9.17) is 4.52 Å². The summed E-state index contributed by atoms with van der Waals surface area (Å²) in [6.07, 6.45) is 1.84. The Labute approximate surface area is 104 Å². The lowest BCUT2D eigenvalue weighted by Crippen LogP contribution is -2.35. The van der Waals surface area contributed by atoms with E-state index in [1.54, 1.807) is 20.0 Å². The summed E-state index contributed by atoms with van der Waals surface area (Å²) in [6.45, 7) is 1.74. The number of aryl methyl sites for hydroxylation is 1. The largest absolute Gasteiger partial charge is 0.360 e. The molecule has 0 aliphatic rings. The van der Waals surface area contributed by atoms with Gasteiger partial charge in [0.05, 0.1) is 12.3 Å². The molecule has 0 saturated carbocycles. The van der Waals surface area contributed by atoms with Crippen molar-refractivity contribution in [3.05, 3.63) is 11.8 Å². The maximum atomic E-state index is 11.5. The van der Waals surface area contributed by atoms with Gasteiger partial charge in [0.2, 0.25) is 11.8 Å². The molecule has 0 aliphatic heterocycles. The molecule has 1 aromatic rings. The Balaban J connectivity index is 2.41. The van der Waals surface area contributed by atoms with Crippen LogP contribution in [-0.4, -0.2) is 47.5 Å². The highest BCUT2D eigenvalue weighted by Gasteiger charge is 2.13. The van der Waals surface area contributed by atoms with Crippen LogP contribution in [0.5, 0.6) is 0 Å². The van der Waals surface area contributed by atoms with Crippen LogP contribution < -0.4 is 5.32 Å². The molecule has 0 saturated heterocycles. The van der Waals surface area contributed by atoms with Crippen LogP contribution in [0.4, 0.5) is 5.82 Å². The number of anilines is 1. The molecule has 6 nitrogen and oxygen atoms in total. The van der Waals surface area contributed by atoms with E-state index in [0.717, 1.165) is 0 Å². The van der Waals surface area contributed by atoms with Gasteiger partial charge in [-0.25, -0.2) is 0 Å². The van der Waals surface area contributed by atoms with Gasteiger partial charge >= 0.3 is 0 Å². The molecule has 0 unspecified atom stereocenters. The molecular formula is C10H15N3O3S. The third kappa shape index (κ3) is 4.48. The molecule has 0 atom stereocenters. The summed E-state index contributed by atoms with van der Waals surface area (Å²) >= 11 is 1.42. The minimum absolute atomic E-state index is 0.00526. The quantitative estimate of drug-likeness (QED) is 0.842. The molecule has 17 heavy (non-hydrogen) atoms. The number of thioether (sulfide) groups is 1. The van der Waals surface area contributed by atoms with E-state index in [9.17, 15) is 9.59 Å². The minimum Gasteiger partial charge on any atom is -0.360 e. The SMILES string of the molecule is CSCC(=O)N(C)CC(=O)Nc1cc(C)on1. The van der Waals surface area contributed by atoms with E-state index in [0.29, 0.717) is 17.3 Å². The Morgan fingerprint density at radius 2 is 2.29 bits per heavy atom. The van der Waals surface area contributed by atoms with Crippen LogP contribution in [0.2, 0.25) is 0 Å². The van der Waals surface area contributed by atoms with Gasteiger partial charge in [0.15, 0.2) is 5.82 Å². The van der Waals surface area contributed by atoms with Gasteiger partial charge in [-0.05, 0) is 13.2 Å². The van der Waals surface area contributed by atoms with E-state index in [2.05, 4.69) is 10.5 Å². The number of hydrogen-bond donors (Lipinski definition) is 1.